The van der Waals surface area contributed by atoms with Crippen LogP contribution in [0.5, 0.6) is 0 Å². The fourth-order valence-corrected chi connectivity index (χ4v) is 3.77. The van der Waals surface area contributed by atoms with E-state index >= 15 is 0 Å². The van der Waals surface area contributed by atoms with Gasteiger partial charge in [0.1, 0.15) is 5.82 Å². The van der Waals surface area contributed by atoms with Gasteiger partial charge in [-0.05, 0) is 61.4 Å². The van der Waals surface area contributed by atoms with Crippen molar-refractivity contribution in [2.75, 3.05) is 7.11 Å². The van der Waals surface area contributed by atoms with Gasteiger partial charge in [0.25, 0.3) is 0 Å². The van der Waals surface area contributed by atoms with Crippen LogP contribution in [0.25, 0.3) is 0 Å². The first-order valence-electron chi connectivity index (χ1n) is 6.47. The van der Waals surface area contributed by atoms with E-state index in [1.165, 1.54) is 19.3 Å². The van der Waals surface area contributed by atoms with Crippen molar-refractivity contribution in [2.45, 2.75) is 24.5 Å². The van der Waals surface area contributed by atoms with E-state index in [0.717, 1.165) is 24.3 Å². The van der Waals surface area contributed by atoms with Crippen molar-refractivity contribution < 1.29 is 22.3 Å². The van der Waals surface area contributed by atoms with Crippen molar-refractivity contribution in [1.29, 1.82) is 0 Å². The maximum Gasteiger partial charge on any atom is 0.243 e. The van der Waals surface area contributed by atoms with Crippen molar-refractivity contribution >= 4 is 15.8 Å². The minimum Gasteiger partial charge on any atom is -0.355 e. The number of benzene rings is 1. The van der Waals surface area contributed by atoms with Gasteiger partial charge < -0.3 is 4.74 Å². The third-order valence-corrected chi connectivity index (χ3v) is 4.99. The van der Waals surface area contributed by atoms with Crippen LogP contribution in [0, 0.1) is 5.82 Å². The number of hydrogen-bond donors (Lipinski definition) is 1. The molecule has 118 valence electrons. The first kappa shape index (κ1) is 16.5. The predicted molar refractivity (Wildman–Crippen MR) is 79.0 cm³/mol. The van der Waals surface area contributed by atoms with Crippen LogP contribution in [-0.2, 0) is 19.6 Å². The molecule has 0 unspecified atom stereocenters. The second-order valence-electron chi connectivity index (χ2n) is 5.00. The zero-order valence-corrected chi connectivity index (χ0v) is 13.2. The van der Waals surface area contributed by atoms with Gasteiger partial charge in [0.15, 0.2) is 11.5 Å². The molecule has 0 bridgehead atoms. The lowest BCUT2D eigenvalue weighted by Crippen LogP contribution is -2.53. The second-order valence-corrected chi connectivity index (χ2v) is 6.68. The zero-order valence-electron chi connectivity index (χ0n) is 12.4. The molecule has 1 aromatic rings. The monoisotopic (exact) mass is 325 g/mol. The number of hydrogen-bond acceptors (Lipinski definition) is 4. The molecule has 1 aromatic carbocycles. The third kappa shape index (κ3) is 2.87. The average Bonchev–Trinajstić information content (AvgIpc) is 2.43. The standard InChI is InChI=1S/C15H16FNO4S/c1-10-8-13(18)9-11(2)15(10,21-3)17-22(19,20)14-6-4-12(16)5-7-14/h4-9,17H,1-3H3. The summed E-state index contributed by atoms with van der Waals surface area (Å²) in [6, 6.07) is 4.44. The van der Waals surface area contributed by atoms with Crippen molar-refractivity contribution in [1.82, 2.24) is 4.72 Å². The van der Waals surface area contributed by atoms with Gasteiger partial charge in [-0.1, -0.05) is 0 Å². The van der Waals surface area contributed by atoms with Crippen LogP contribution >= 0.6 is 0 Å². The highest BCUT2D eigenvalue weighted by molar-refractivity contribution is 7.89. The van der Waals surface area contributed by atoms with E-state index in [2.05, 4.69) is 4.72 Å². The fourth-order valence-electron chi connectivity index (χ4n) is 2.37. The Morgan fingerprint density at radius 2 is 1.59 bits per heavy atom. The summed E-state index contributed by atoms with van der Waals surface area (Å²) in [4.78, 5) is 11.4. The lowest BCUT2D eigenvalue weighted by atomic mass is 9.90. The highest BCUT2D eigenvalue weighted by atomic mass is 32.2. The fraction of sp³-hybridized carbons (Fsp3) is 0.267. The third-order valence-electron chi connectivity index (χ3n) is 3.54. The molecule has 22 heavy (non-hydrogen) atoms. The number of rotatable bonds is 4. The Balaban J connectivity index is 2.46. The summed E-state index contributed by atoms with van der Waals surface area (Å²) in [7, 11) is -2.62. The predicted octanol–water partition coefficient (Wildman–Crippen LogP) is 1.92. The van der Waals surface area contributed by atoms with Crippen molar-refractivity contribution in [3.8, 4) is 0 Å². The lowest BCUT2D eigenvalue weighted by Gasteiger charge is -2.36. The molecule has 0 aliphatic heterocycles. The van der Waals surface area contributed by atoms with Crippen molar-refractivity contribution in [3.05, 3.63) is 53.4 Å². The summed E-state index contributed by atoms with van der Waals surface area (Å²) in [6.45, 7) is 3.20. The Kier molecular flexibility index (Phi) is 4.32. The highest BCUT2D eigenvalue weighted by Crippen LogP contribution is 2.31. The first-order valence-corrected chi connectivity index (χ1v) is 7.96. The van der Waals surface area contributed by atoms with Gasteiger partial charge in [-0.15, -0.1) is 0 Å². The summed E-state index contributed by atoms with van der Waals surface area (Å²) in [5.41, 5.74) is -0.586. The molecule has 1 aliphatic rings. The number of sulfonamides is 1. The van der Waals surface area contributed by atoms with Gasteiger partial charge in [-0.25, -0.2) is 12.8 Å². The lowest BCUT2D eigenvalue weighted by molar-refractivity contribution is -0.111. The minimum atomic E-state index is -3.97. The van der Waals surface area contributed by atoms with Gasteiger partial charge in [0.2, 0.25) is 10.0 Å². The molecule has 0 atom stereocenters. The quantitative estimate of drug-likeness (QED) is 0.859. The summed E-state index contributed by atoms with van der Waals surface area (Å²) >= 11 is 0. The van der Waals surface area contributed by atoms with Crippen LogP contribution in [-0.4, -0.2) is 27.0 Å². The number of carbonyl (C=O) groups is 1. The van der Waals surface area contributed by atoms with E-state index in [1.54, 1.807) is 13.8 Å². The highest BCUT2D eigenvalue weighted by Gasteiger charge is 2.41. The van der Waals surface area contributed by atoms with E-state index in [1.807, 2.05) is 0 Å². The van der Waals surface area contributed by atoms with Crippen LogP contribution < -0.4 is 4.72 Å². The average molecular weight is 325 g/mol. The molecule has 1 N–H and O–H groups in total. The Morgan fingerprint density at radius 3 is 2.05 bits per heavy atom. The number of methoxy groups -OCH3 is 1. The molecule has 0 spiro atoms. The van der Waals surface area contributed by atoms with Gasteiger partial charge >= 0.3 is 0 Å². The van der Waals surface area contributed by atoms with Crippen LogP contribution in [0.3, 0.4) is 0 Å². The molecule has 0 saturated heterocycles. The number of halogens is 1. The van der Waals surface area contributed by atoms with Crippen LogP contribution in [0.15, 0.2) is 52.5 Å². The van der Waals surface area contributed by atoms with Crippen LogP contribution in [0.2, 0.25) is 0 Å². The van der Waals surface area contributed by atoms with Crippen molar-refractivity contribution in [2.24, 2.45) is 0 Å². The molecule has 0 fully saturated rings. The van der Waals surface area contributed by atoms with Gasteiger partial charge in [-0.3, -0.25) is 4.79 Å². The van der Waals surface area contributed by atoms with Gasteiger partial charge in [0.05, 0.1) is 4.90 Å². The molecule has 0 heterocycles. The van der Waals surface area contributed by atoms with E-state index in [0.29, 0.717) is 11.1 Å². The van der Waals surface area contributed by atoms with Crippen LogP contribution in [0.4, 0.5) is 4.39 Å². The molecule has 7 heteroatoms. The maximum absolute atomic E-state index is 12.9. The van der Waals surface area contributed by atoms with Crippen LogP contribution in [0.1, 0.15) is 13.8 Å². The van der Waals surface area contributed by atoms with E-state index in [4.69, 9.17) is 4.74 Å². The molecule has 0 aromatic heterocycles. The minimum absolute atomic E-state index is 0.0946. The molecule has 1 aliphatic carbocycles. The Morgan fingerprint density at radius 1 is 1.09 bits per heavy atom. The Bertz CT molecular complexity index is 741. The number of allylic oxidation sites excluding steroid dienone is 2. The summed E-state index contributed by atoms with van der Waals surface area (Å²) in [6.07, 6.45) is 2.62. The SMILES string of the molecule is COC1(NS(=O)(=O)c2ccc(F)cc2)C(C)=CC(=O)C=C1C. The zero-order chi connectivity index (χ0) is 16.5. The summed E-state index contributed by atoms with van der Waals surface area (Å²) in [5, 5.41) is 0. The number of ketones is 1. The second kappa shape index (κ2) is 5.75. The van der Waals surface area contributed by atoms with E-state index < -0.39 is 21.6 Å². The molecule has 0 saturated carbocycles. The topological polar surface area (TPSA) is 72.5 Å². The van der Waals surface area contributed by atoms with E-state index in [9.17, 15) is 17.6 Å². The number of carbonyl (C=O) groups excluding carboxylic acids is 1. The van der Waals surface area contributed by atoms with Crippen molar-refractivity contribution in [3.63, 3.8) is 0 Å². The molecule has 5 nitrogen and oxygen atoms in total. The first-order chi connectivity index (χ1) is 10.2. The van der Waals surface area contributed by atoms with Gasteiger partial charge in [-0.2, -0.15) is 4.72 Å². The van der Waals surface area contributed by atoms with E-state index in [-0.39, 0.29) is 10.7 Å². The molecule has 0 amide bonds. The largest absolute Gasteiger partial charge is 0.355 e. The number of ether oxygens (including phenoxy) is 1. The molecule has 2 rings (SSSR count). The Hall–Kier alpha value is -1.83. The summed E-state index contributed by atoms with van der Waals surface area (Å²) in [5.74, 6) is -0.764. The summed E-state index contributed by atoms with van der Waals surface area (Å²) < 4.78 is 45.8. The molecular formula is C15H16FNO4S. The molecular weight excluding hydrogens is 309 g/mol. The number of nitrogens with one attached hydrogen (secondary N) is 1. The normalized spacial score (nSPS) is 17.9. The smallest absolute Gasteiger partial charge is 0.243 e. The van der Waals surface area contributed by atoms with Gasteiger partial charge in [0, 0.05) is 7.11 Å². The Labute approximate surface area is 128 Å². The molecule has 0 radical (unpaired) electrons. The maximum atomic E-state index is 12.9.